The van der Waals surface area contributed by atoms with Crippen molar-refractivity contribution in [3.63, 3.8) is 0 Å². The lowest BCUT2D eigenvalue weighted by Crippen LogP contribution is -2.45. The number of carbonyl (C=O) groups excluding carboxylic acids is 1. The van der Waals surface area contributed by atoms with Gasteiger partial charge in [0, 0.05) is 6.42 Å². The first-order valence-corrected chi connectivity index (χ1v) is 23.0. The maximum atomic E-state index is 12.4. The van der Waals surface area contributed by atoms with Crippen molar-refractivity contribution in [2.24, 2.45) is 0 Å². The van der Waals surface area contributed by atoms with Crippen molar-refractivity contribution in [3.05, 3.63) is 97.2 Å². The van der Waals surface area contributed by atoms with E-state index >= 15 is 0 Å². The Kier molecular flexibility index (Phi) is 43.5. The number of nitrogens with one attached hydrogen (secondary N) is 1. The Morgan fingerprint density at radius 2 is 0.818 bits per heavy atom. The maximum Gasteiger partial charge on any atom is 0.220 e. The SMILES string of the molecule is CC/C=C\C/C=C\C/C=C\C/C=C\C/C=C\CCCCCCCCCCCCCC(=O)NC(CO)C(O)/C=C/CC/C=C/CC/C=C/CCCCCCCC. The third-order valence-corrected chi connectivity index (χ3v) is 9.78. The Bertz CT molecular complexity index is 1050. The fourth-order valence-corrected chi connectivity index (χ4v) is 6.29. The van der Waals surface area contributed by atoms with Gasteiger partial charge in [0.2, 0.25) is 5.91 Å². The summed E-state index contributed by atoms with van der Waals surface area (Å²) in [5.74, 6) is -0.0863. The van der Waals surface area contributed by atoms with Crippen molar-refractivity contribution >= 4 is 5.91 Å². The summed E-state index contributed by atoms with van der Waals surface area (Å²) in [6.45, 7) is 4.16. The van der Waals surface area contributed by atoms with E-state index < -0.39 is 12.1 Å². The topological polar surface area (TPSA) is 69.6 Å². The second kappa shape index (κ2) is 45.7. The molecule has 0 aromatic carbocycles. The lowest BCUT2D eigenvalue weighted by molar-refractivity contribution is -0.123. The monoisotopic (exact) mass is 762 g/mol. The first-order chi connectivity index (χ1) is 27.2. The number of allylic oxidation sites excluding steroid dienone is 15. The smallest absolute Gasteiger partial charge is 0.220 e. The molecule has 0 spiro atoms. The highest BCUT2D eigenvalue weighted by atomic mass is 16.3. The average molecular weight is 762 g/mol. The van der Waals surface area contributed by atoms with Crippen LogP contribution >= 0.6 is 0 Å². The molecule has 0 saturated heterocycles. The van der Waals surface area contributed by atoms with E-state index in [-0.39, 0.29) is 12.5 Å². The molecule has 55 heavy (non-hydrogen) atoms. The number of hydrogen-bond donors (Lipinski definition) is 3. The highest BCUT2D eigenvalue weighted by Gasteiger charge is 2.17. The molecule has 0 aromatic rings. The molecule has 4 nitrogen and oxygen atoms in total. The molecule has 2 atom stereocenters. The number of aliphatic hydroxyl groups is 2. The van der Waals surface area contributed by atoms with Crippen LogP contribution in [0.4, 0.5) is 0 Å². The summed E-state index contributed by atoms with van der Waals surface area (Å²) in [4.78, 5) is 12.4. The lowest BCUT2D eigenvalue weighted by Gasteiger charge is -2.19. The molecule has 0 rings (SSSR count). The molecule has 0 radical (unpaired) electrons. The summed E-state index contributed by atoms with van der Waals surface area (Å²) in [6, 6.07) is -0.652. The first kappa shape index (κ1) is 52.3. The molecule has 3 N–H and O–H groups in total. The molecule has 0 bridgehead atoms. The largest absolute Gasteiger partial charge is 0.394 e. The van der Waals surface area contributed by atoms with Crippen LogP contribution in [0, 0.1) is 0 Å². The Hall–Kier alpha value is -2.69. The minimum atomic E-state index is -0.876. The van der Waals surface area contributed by atoms with Crippen molar-refractivity contribution in [2.45, 2.75) is 212 Å². The highest BCUT2D eigenvalue weighted by molar-refractivity contribution is 5.76. The lowest BCUT2D eigenvalue weighted by atomic mass is 10.0. The molecule has 2 unspecified atom stereocenters. The molecular weight excluding hydrogens is 675 g/mol. The Balaban J connectivity index is 3.64. The van der Waals surface area contributed by atoms with Gasteiger partial charge in [0.1, 0.15) is 0 Å². The standard InChI is InChI=1S/C51H87NO3/c1-3-5-7-9-11-13-15-17-19-21-22-23-24-25-26-27-28-29-30-31-33-35-37-39-41-43-45-47-51(55)52-49(48-53)50(54)46-44-42-40-38-36-34-32-20-18-16-14-12-10-8-6-4-2/h5,7,11,13,17-20,22-23,25-26,36,38,44,46,49-50,53-54H,3-4,6,8-10,12,14-16,21,24,27-35,37,39-43,45,47-48H2,1-2H3,(H,52,55)/b7-5-,13-11-,19-17-,20-18+,23-22-,26-25-,38-36+,46-44+. The second-order valence-electron chi connectivity index (χ2n) is 15.1. The normalized spacial score (nSPS) is 13.9. The van der Waals surface area contributed by atoms with Gasteiger partial charge >= 0.3 is 0 Å². The van der Waals surface area contributed by atoms with Gasteiger partial charge < -0.3 is 15.5 Å². The Morgan fingerprint density at radius 3 is 1.27 bits per heavy atom. The van der Waals surface area contributed by atoms with E-state index in [2.05, 4.69) is 104 Å². The van der Waals surface area contributed by atoms with Crippen LogP contribution in [0.3, 0.4) is 0 Å². The van der Waals surface area contributed by atoms with E-state index in [0.717, 1.165) is 70.6 Å². The minimum absolute atomic E-state index is 0.0863. The minimum Gasteiger partial charge on any atom is -0.394 e. The zero-order valence-electron chi connectivity index (χ0n) is 35.9. The molecule has 0 fully saturated rings. The van der Waals surface area contributed by atoms with Gasteiger partial charge in [-0.1, -0.05) is 201 Å². The zero-order chi connectivity index (χ0) is 40.0. The third kappa shape index (κ3) is 42.3. The zero-order valence-corrected chi connectivity index (χ0v) is 35.9. The average Bonchev–Trinajstić information content (AvgIpc) is 3.19. The van der Waals surface area contributed by atoms with Crippen LogP contribution in [0.15, 0.2) is 97.2 Å². The van der Waals surface area contributed by atoms with Crippen LogP contribution in [0.1, 0.15) is 200 Å². The fourth-order valence-electron chi connectivity index (χ4n) is 6.29. The van der Waals surface area contributed by atoms with Gasteiger partial charge in [-0.25, -0.2) is 0 Å². The summed E-state index contributed by atoms with van der Waals surface area (Å²) in [7, 11) is 0. The maximum absolute atomic E-state index is 12.4. The predicted molar refractivity (Wildman–Crippen MR) is 243 cm³/mol. The summed E-state index contributed by atoms with van der Waals surface area (Å²) < 4.78 is 0. The second-order valence-corrected chi connectivity index (χ2v) is 15.1. The molecule has 0 saturated carbocycles. The molecule has 1 amide bonds. The first-order valence-electron chi connectivity index (χ1n) is 23.0. The number of amides is 1. The van der Waals surface area contributed by atoms with Gasteiger partial charge in [-0.3, -0.25) is 4.79 Å². The van der Waals surface area contributed by atoms with E-state index in [1.165, 1.54) is 109 Å². The number of aliphatic hydroxyl groups excluding tert-OH is 2. The van der Waals surface area contributed by atoms with E-state index in [1.54, 1.807) is 6.08 Å². The van der Waals surface area contributed by atoms with Crippen LogP contribution in [0.2, 0.25) is 0 Å². The molecule has 0 aromatic heterocycles. The summed E-state index contributed by atoms with van der Waals surface area (Å²) in [6.07, 6.45) is 68.0. The van der Waals surface area contributed by atoms with Gasteiger partial charge in [-0.2, -0.15) is 0 Å². The van der Waals surface area contributed by atoms with Gasteiger partial charge in [0.25, 0.3) is 0 Å². The van der Waals surface area contributed by atoms with Crippen molar-refractivity contribution < 1.29 is 15.0 Å². The predicted octanol–water partition coefficient (Wildman–Crippen LogP) is 14.6. The van der Waals surface area contributed by atoms with Gasteiger partial charge in [0.15, 0.2) is 0 Å². The number of carbonyl (C=O) groups is 1. The molecule has 0 aliphatic carbocycles. The van der Waals surface area contributed by atoms with E-state index in [4.69, 9.17) is 0 Å². The van der Waals surface area contributed by atoms with Crippen LogP contribution in [-0.4, -0.2) is 34.9 Å². The van der Waals surface area contributed by atoms with E-state index in [9.17, 15) is 15.0 Å². The molecule has 0 heterocycles. The van der Waals surface area contributed by atoms with Crippen LogP contribution < -0.4 is 5.32 Å². The fraction of sp³-hybridized carbons (Fsp3) is 0.667. The number of unbranched alkanes of at least 4 members (excludes halogenated alkanes) is 19. The van der Waals surface area contributed by atoms with Crippen molar-refractivity contribution in [1.29, 1.82) is 0 Å². The van der Waals surface area contributed by atoms with Crippen LogP contribution in [-0.2, 0) is 4.79 Å². The quantitative estimate of drug-likeness (QED) is 0.0430. The van der Waals surface area contributed by atoms with E-state index in [1.807, 2.05) is 6.08 Å². The number of rotatable bonds is 40. The van der Waals surface area contributed by atoms with Crippen molar-refractivity contribution in [1.82, 2.24) is 5.32 Å². The van der Waals surface area contributed by atoms with Crippen molar-refractivity contribution in [3.8, 4) is 0 Å². The third-order valence-electron chi connectivity index (χ3n) is 9.78. The summed E-state index contributed by atoms with van der Waals surface area (Å²) >= 11 is 0. The van der Waals surface area contributed by atoms with Crippen LogP contribution in [0.5, 0.6) is 0 Å². The molecule has 0 aliphatic rings. The van der Waals surface area contributed by atoms with Gasteiger partial charge in [-0.15, -0.1) is 0 Å². The van der Waals surface area contributed by atoms with E-state index in [0.29, 0.717) is 6.42 Å². The highest BCUT2D eigenvalue weighted by Crippen LogP contribution is 2.13. The molecule has 0 aliphatic heterocycles. The number of hydrogen-bond acceptors (Lipinski definition) is 3. The molecule has 314 valence electrons. The summed E-state index contributed by atoms with van der Waals surface area (Å²) in [5.41, 5.74) is 0. The molecule has 4 heteroatoms. The molecular formula is C51H87NO3. The van der Waals surface area contributed by atoms with Gasteiger partial charge in [-0.05, 0) is 89.9 Å². The van der Waals surface area contributed by atoms with Crippen molar-refractivity contribution in [2.75, 3.05) is 6.61 Å². The summed E-state index contributed by atoms with van der Waals surface area (Å²) in [5, 5.41) is 23.0. The Labute approximate surface area is 341 Å². The van der Waals surface area contributed by atoms with Crippen LogP contribution in [0.25, 0.3) is 0 Å². The van der Waals surface area contributed by atoms with Gasteiger partial charge in [0.05, 0.1) is 18.8 Å². The Morgan fingerprint density at radius 1 is 0.455 bits per heavy atom.